The molecule has 0 radical (unpaired) electrons. The number of carboxylic acid groups (broad SMARTS) is 1. The maximum Gasteiger partial charge on any atom is 0.247 e. The predicted molar refractivity (Wildman–Crippen MR) is 140 cm³/mol. The van der Waals surface area contributed by atoms with Crippen molar-refractivity contribution in [1.29, 1.82) is 0 Å². The van der Waals surface area contributed by atoms with Crippen LogP contribution in [-0.4, -0.2) is 45.3 Å². The molecular formula is C30H36N3O4-. The number of hydrogen-bond donors (Lipinski definition) is 1. The van der Waals surface area contributed by atoms with Gasteiger partial charge in [0.2, 0.25) is 11.8 Å². The summed E-state index contributed by atoms with van der Waals surface area (Å²) in [5.41, 5.74) is 2.78. The van der Waals surface area contributed by atoms with E-state index in [-0.39, 0.29) is 18.0 Å². The SMILES string of the molecule is C[C@@H](C(=O)N[C@H](/C=C/C(=O)N1[C@@H]2CC[C@H]1c1ccccc12)CCc1ccccc1)N(C(=O)[O-])C(C)(C)C. The van der Waals surface area contributed by atoms with E-state index in [4.69, 9.17) is 0 Å². The van der Waals surface area contributed by atoms with Crippen molar-refractivity contribution in [3.8, 4) is 0 Å². The lowest BCUT2D eigenvalue weighted by Gasteiger charge is -2.41. The number of hydrogen-bond acceptors (Lipinski definition) is 4. The van der Waals surface area contributed by atoms with Crippen LogP contribution < -0.4 is 10.4 Å². The average molecular weight is 503 g/mol. The summed E-state index contributed by atoms with van der Waals surface area (Å²) in [6.45, 7) is 6.72. The number of nitrogens with one attached hydrogen (secondary N) is 1. The lowest BCUT2D eigenvalue weighted by atomic mass is 9.92. The Kier molecular flexibility index (Phi) is 7.71. The summed E-state index contributed by atoms with van der Waals surface area (Å²) in [5, 5.41) is 14.7. The molecule has 7 nitrogen and oxygen atoms in total. The first-order valence-electron chi connectivity index (χ1n) is 13.0. The van der Waals surface area contributed by atoms with Crippen LogP contribution in [0.2, 0.25) is 0 Å². The molecule has 4 rings (SSSR count). The van der Waals surface area contributed by atoms with Gasteiger partial charge in [0, 0.05) is 17.7 Å². The van der Waals surface area contributed by atoms with Gasteiger partial charge in [0.25, 0.3) is 0 Å². The Labute approximate surface area is 219 Å². The van der Waals surface area contributed by atoms with Crippen LogP contribution in [0.25, 0.3) is 0 Å². The van der Waals surface area contributed by atoms with Gasteiger partial charge in [-0.25, -0.2) is 0 Å². The van der Waals surface area contributed by atoms with Crippen molar-refractivity contribution >= 4 is 17.9 Å². The van der Waals surface area contributed by atoms with Crippen molar-refractivity contribution in [2.24, 2.45) is 0 Å². The molecule has 0 aromatic heterocycles. The van der Waals surface area contributed by atoms with Crippen LogP contribution >= 0.6 is 0 Å². The molecule has 4 atom stereocenters. The second kappa shape index (κ2) is 10.8. The highest BCUT2D eigenvalue weighted by Gasteiger charge is 2.45. The van der Waals surface area contributed by atoms with Crippen molar-refractivity contribution in [3.05, 3.63) is 83.4 Å². The van der Waals surface area contributed by atoms with Crippen LogP contribution in [0.15, 0.2) is 66.7 Å². The molecule has 2 aliphatic heterocycles. The van der Waals surface area contributed by atoms with Crippen LogP contribution in [0, 0.1) is 0 Å². The summed E-state index contributed by atoms with van der Waals surface area (Å²) < 4.78 is 0. The minimum Gasteiger partial charge on any atom is -0.530 e. The molecule has 0 unspecified atom stereocenters. The van der Waals surface area contributed by atoms with Crippen LogP contribution in [-0.2, 0) is 16.0 Å². The zero-order valence-corrected chi connectivity index (χ0v) is 22.0. The minimum absolute atomic E-state index is 0.0678. The van der Waals surface area contributed by atoms with Crippen molar-refractivity contribution in [3.63, 3.8) is 0 Å². The predicted octanol–water partition coefficient (Wildman–Crippen LogP) is 3.91. The fourth-order valence-corrected chi connectivity index (χ4v) is 5.75. The first-order valence-corrected chi connectivity index (χ1v) is 13.0. The standard InChI is InChI=1S/C30H37N3O4/c1-20(33(29(36)37)30(2,3)4)28(35)31-22(15-14-21-10-6-5-7-11-21)16-19-27(34)32-25-17-18-26(32)24-13-9-8-12-23(24)25/h5-13,16,19-20,22,25-26H,14-15,17-18H2,1-4H3,(H,31,35)(H,36,37)/p-1/b19-16+/t20-,22-,25-,26+/m0/s1. The molecule has 1 N–H and O–H groups in total. The van der Waals surface area contributed by atoms with Gasteiger partial charge in [-0.05, 0) is 70.1 Å². The monoisotopic (exact) mass is 502 g/mol. The Morgan fingerprint density at radius 2 is 1.59 bits per heavy atom. The van der Waals surface area contributed by atoms with E-state index in [0.29, 0.717) is 12.8 Å². The van der Waals surface area contributed by atoms with E-state index < -0.39 is 29.6 Å². The quantitative estimate of drug-likeness (QED) is 0.554. The first-order chi connectivity index (χ1) is 17.6. The molecule has 196 valence electrons. The fraction of sp³-hybridized carbons (Fsp3) is 0.433. The molecule has 0 spiro atoms. The third-order valence-corrected chi connectivity index (χ3v) is 7.43. The minimum atomic E-state index is -1.40. The van der Waals surface area contributed by atoms with Gasteiger partial charge in [-0.1, -0.05) is 60.7 Å². The molecule has 7 heteroatoms. The molecule has 2 aromatic carbocycles. The normalized spacial score (nSPS) is 19.9. The second-order valence-corrected chi connectivity index (χ2v) is 11.0. The van der Waals surface area contributed by atoms with E-state index >= 15 is 0 Å². The van der Waals surface area contributed by atoms with Crippen LogP contribution in [0.1, 0.15) is 75.7 Å². The van der Waals surface area contributed by atoms with Gasteiger partial charge in [0.15, 0.2) is 0 Å². The molecule has 3 amide bonds. The fourth-order valence-electron chi connectivity index (χ4n) is 5.75. The lowest BCUT2D eigenvalue weighted by Crippen LogP contribution is -2.60. The molecule has 2 heterocycles. The number of benzene rings is 2. The molecule has 1 fully saturated rings. The van der Waals surface area contributed by atoms with E-state index in [1.807, 2.05) is 47.4 Å². The zero-order valence-electron chi connectivity index (χ0n) is 22.0. The third-order valence-electron chi connectivity index (χ3n) is 7.43. The molecule has 2 aliphatic rings. The van der Waals surface area contributed by atoms with Gasteiger partial charge in [0.1, 0.15) is 12.1 Å². The van der Waals surface area contributed by atoms with Gasteiger partial charge in [-0.15, -0.1) is 0 Å². The summed E-state index contributed by atoms with van der Waals surface area (Å²) in [6, 6.07) is 17.0. The van der Waals surface area contributed by atoms with E-state index in [1.165, 1.54) is 11.1 Å². The van der Waals surface area contributed by atoms with Crippen LogP contribution in [0.3, 0.4) is 0 Å². The number of nitrogens with zero attached hydrogens (tertiary/aromatic N) is 2. The van der Waals surface area contributed by atoms with Gasteiger partial charge >= 0.3 is 0 Å². The molecule has 0 aliphatic carbocycles. The Hall–Kier alpha value is -3.61. The molecule has 2 bridgehead atoms. The van der Waals surface area contributed by atoms with Gasteiger partial charge in [-0.2, -0.15) is 0 Å². The first kappa shape index (κ1) is 26.5. The summed E-state index contributed by atoms with van der Waals surface area (Å²) in [4.78, 5) is 41.3. The summed E-state index contributed by atoms with van der Waals surface area (Å²) in [7, 11) is 0. The third kappa shape index (κ3) is 5.71. The topological polar surface area (TPSA) is 92.8 Å². The van der Waals surface area contributed by atoms with E-state index in [9.17, 15) is 19.5 Å². The van der Waals surface area contributed by atoms with E-state index in [0.717, 1.165) is 23.3 Å². The maximum absolute atomic E-state index is 13.3. The number of carbonyl (C=O) groups is 3. The molecular weight excluding hydrogens is 466 g/mol. The van der Waals surface area contributed by atoms with Crippen LogP contribution in [0.4, 0.5) is 4.79 Å². The Morgan fingerprint density at radius 3 is 2.14 bits per heavy atom. The van der Waals surface area contributed by atoms with Gasteiger partial charge < -0.3 is 25.0 Å². The van der Waals surface area contributed by atoms with Crippen LogP contribution in [0.5, 0.6) is 0 Å². The molecule has 2 aromatic rings. The highest BCUT2D eigenvalue weighted by molar-refractivity contribution is 5.90. The number of amides is 3. The number of fused-ring (bicyclic) bond motifs is 5. The largest absolute Gasteiger partial charge is 0.530 e. The van der Waals surface area contributed by atoms with E-state index in [1.54, 1.807) is 39.8 Å². The van der Waals surface area contributed by atoms with Crippen molar-refractivity contribution in [2.45, 2.75) is 83.1 Å². The Balaban J connectivity index is 1.49. The summed E-state index contributed by atoms with van der Waals surface area (Å²) >= 11 is 0. The van der Waals surface area contributed by atoms with Crippen molar-refractivity contribution in [1.82, 2.24) is 15.1 Å². The smallest absolute Gasteiger partial charge is 0.247 e. The summed E-state index contributed by atoms with van der Waals surface area (Å²) in [6.07, 6.45) is 5.10. The Morgan fingerprint density at radius 1 is 1.03 bits per heavy atom. The van der Waals surface area contributed by atoms with E-state index in [2.05, 4.69) is 17.4 Å². The zero-order chi connectivity index (χ0) is 26.7. The summed E-state index contributed by atoms with van der Waals surface area (Å²) in [5.74, 6) is -0.496. The van der Waals surface area contributed by atoms with Gasteiger partial charge in [-0.3, -0.25) is 9.59 Å². The number of aryl methyl sites for hydroxylation is 1. The highest BCUT2D eigenvalue weighted by Crippen LogP contribution is 2.52. The molecule has 0 saturated carbocycles. The van der Waals surface area contributed by atoms with Crippen molar-refractivity contribution in [2.75, 3.05) is 0 Å². The van der Waals surface area contributed by atoms with Crippen molar-refractivity contribution < 1.29 is 19.5 Å². The number of rotatable bonds is 8. The maximum atomic E-state index is 13.3. The lowest BCUT2D eigenvalue weighted by molar-refractivity contribution is -0.272. The average Bonchev–Trinajstić information content (AvgIpc) is 3.42. The second-order valence-electron chi connectivity index (χ2n) is 11.0. The van der Waals surface area contributed by atoms with Gasteiger partial charge in [0.05, 0.1) is 12.1 Å². The number of carbonyl (C=O) groups excluding carboxylic acids is 3. The highest BCUT2D eigenvalue weighted by atomic mass is 16.4. The molecule has 1 saturated heterocycles. The Bertz CT molecular complexity index is 1140. The molecule has 37 heavy (non-hydrogen) atoms.